The lowest BCUT2D eigenvalue weighted by molar-refractivity contribution is -0.255. The van der Waals surface area contributed by atoms with Gasteiger partial charge in [-0.15, -0.1) is 5.10 Å². The van der Waals surface area contributed by atoms with Crippen LogP contribution in [0.15, 0.2) is 90.0 Å². The number of carboxylic acids is 1. The van der Waals surface area contributed by atoms with E-state index in [-0.39, 0.29) is 11.4 Å². The molecular weight excluding hydrogens is 394 g/mol. The topological polar surface area (TPSA) is 112 Å². The summed E-state index contributed by atoms with van der Waals surface area (Å²) < 4.78 is 1.60. The number of nitrogens with one attached hydrogen (secondary N) is 1. The highest BCUT2D eigenvalue weighted by molar-refractivity contribution is 5.92. The average Bonchev–Trinajstić information content (AvgIpc) is 3.26. The number of carbonyl (C=O) groups excluding carboxylic acids is 2. The molecule has 152 valence electrons. The van der Waals surface area contributed by atoms with E-state index in [1.54, 1.807) is 16.8 Å². The highest BCUT2D eigenvalue weighted by atomic mass is 16.4. The minimum absolute atomic E-state index is 0.0350. The first-order valence-electron chi connectivity index (χ1n) is 9.34. The first kappa shape index (κ1) is 19.7. The van der Waals surface area contributed by atoms with Gasteiger partial charge in [0.1, 0.15) is 0 Å². The third-order valence-corrected chi connectivity index (χ3v) is 4.37. The molecule has 0 unspecified atom stereocenters. The van der Waals surface area contributed by atoms with Crippen molar-refractivity contribution in [3.05, 3.63) is 102 Å². The van der Waals surface area contributed by atoms with Gasteiger partial charge in [0.15, 0.2) is 5.82 Å². The molecule has 0 aliphatic carbocycles. The molecule has 0 fully saturated rings. The summed E-state index contributed by atoms with van der Waals surface area (Å²) >= 11 is 0. The summed E-state index contributed by atoms with van der Waals surface area (Å²) in [6.07, 6.45) is 1.39. The number of para-hydroxylation sites is 1. The molecule has 8 heteroatoms. The van der Waals surface area contributed by atoms with Crippen LogP contribution in [0.5, 0.6) is 0 Å². The molecule has 0 aliphatic rings. The number of hydrogen-bond acceptors (Lipinski definition) is 6. The quantitative estimate of drug-likeness (QED) is 0.386. The van der Waals surface area contributed by atoms with Crippen molar-refractivity contribution in [1.29, 1.82) is 0 Å². The fourth-order valence-electron chi connectivity index (χ4n) is 2.85. The van der Waals surface area contributed by atoms with E-state index in [0.717, 1.165) is 11.3 Å². The zero-order valence-electron chi connectivity index (χ0n) is 16.2. The van der Waals surface area contributed by atoms with Gasteiger partial charge < -0.3 is 9.90 Å². The maximum absolute atomic E-state index is 12.6. The van der Waals surface area contributed by atoms with Crippen molar-refractivity contribution in [1.82, 2.24) is 20.2 Å². The number of carboxylic acid groups (broad SMARTS) is 1. The highest BCUT2D eigenvalue weighted by Gasteiger charge is 2.18. The smallest absolute Gasteiger partial charge is 0.311 e. The lowest BCUT2D eigenvalue weighted by Gasteiger charge is -2.05. The van der Waals surface area contributed by atoms with Crippen molar-refractivity contribution >= 4 is 18.1 Å². The van der Waals surface area contributed by atoms with Crippen LogP contribution in [0.4, 0.5) is 0 Å². The monoisotopic (exact) mass is 410 g/mol. The molecule has 1 amide bonds. The Balaban J connectivity index is 1.57. The number of nitrogens with zero attached hydrogens (tertiary/aromatic N) is 4. The Morgan fingerprint density at radius 1 is 0.903 bits per heavy atom. The summed E-state index contributed by atoms with van der Waals surface area (Å²) in [7, 11) is 0. The number of benzene rings is 3. The minimum Gasteiger partial charge on any atom is -0.545 e. The Morgan fingerprint density at radius 3 is 2.19 bits per heavy atom. The van der Waals surface area contributed by atoms with Crippen molar-refractivity contribution in [2.75, 3.05) is 0 Å². The number of aromatic nitrogens is 3. The molecule has 1 heterocycles. The van der Waals surface area contributed by atoms with Crippen molar-refractivity contribution in [3.63, 3.8) is 0 Å². The Morgan fingerprint density at radius 2 is 1.55 bits per heavy atom. The molecule has 8 nitrogen and oxygen atoms in total. The van der Waals surface area contributed by atoms with Crippen LogP contribution in [0.25, 0.3) is 17.1 Å². The van der Waals surface area contributed by atoms with Crippen molar-refractivity contribution < 1.29 is 14.7 Å². The largest absolute Gasteiger partial charge is 0.545 e. The molecule has 4 aromatic rings. The first-order chi connectivity index (χ1) is 15.1. The average molecular weight is 410 g/mol. The van der Waals surface area contributed by atoms with Crippen LogP contribution < -0.4 is 10.5 Å². The first-order valence-corrected chi connectivity index (χ1v) is 9.34. The van der Waals surface area contributed by atoms with Crippen LogP contribution in [-0.2, 0) is 0 Å². The van der Waals surface area contributed by atoms with Gasteiger partial charge in [0.05, 0.1) is 17.9 Å². The van der Waals surface area contributed by atoms with Crippen LogP contribution in [0.2, 0.25) is 0 Å². The highest BCUT2D eigenvalue weighted by Crippen LogP contribution is 2.20. The molecule has 3 aromatic carbocycles. The second-order valence-electron chi connectivity index (χ2n) is 6.48. The second kappa shape index (κ2) is 8.83. The van der Waals surface area contributed by atoms with Crippen LogP contribution in [0, 0.1) is 0 Å². The summed E-state index contributed by atoms with van der Waals surface area (Å²) in [6, 6.07) is 24.7. The summed E-state index contributed by atoms with van der Waals surface area (Å²) in [5.74, 6) is -1.34. The normalized spacial score (nSPS) is 10.8. The van der Waals surface area contributed by atoms with Crippen molar-refractivity contribution in [2.24, 2.45) is 5.10 Å². The molecule has 31 heavy (non-hydrogen) atoms. The third-order valence-electron chi connectivity index (χ3n) is 4.37. The predicted molar refractivity (Wildman–Crippen MR) is 113 cm³/mol. The van der Waals surface area contributed by atoms with Crippen molar-refractivity contribution in [2.45, 2.75) is 0 Å². The Kier molecular flexibility index (Phi) is 5.62. The summed E-state index contributed by atoms with van der Waals surface area (Å²) in [4.78, 5) is 27.8. The Bertz CT molecular complexity index is 1180. The van der Waals surface area contributed by atoms with E-state index in [1.165, 1.54) is 18.3 Å². The van der Waals surface area contributed by atoms with Crippen LogP contribution >= 0.6 is 0 Å². The molecule has 0 bridgehead atoms. The second-order valence-corrected chi connectivity index (χ2v) is 6.48. The van der Waals surface area contributed by atoms with E-state index >= 15 is 0 Å². The molecular formula is C23H16N5O3-. The Hall–Kier alpha value is -4.59. The van der Waals surface area contributed by atoms with Gasteiger partial charge in [-0.25, -0.2) is 15.1 Å². The minimum atomic E-state index is -1.26. The SMILES string of the molecule is O=C([O-])c1ccc(/C=N\NC(=O)c2nc(-c3ccccc3)n(-c3ccccc3)n2)cc1. The van der Waals surface area contributed by atoms with E-state index < -0.39 is 11.9 Å². The maximum Gasteiger partial charge on any atom is 0.311 e. The van der Waals surface area contributed by atoms with Crippen LogP contribution in [-0.4, -0.2) is 32.9 Å². The molecule has 1 aromatic heterocycles. The number of hydrogen-bond donors (Lipinski definition) is 1. The van der Waals surface area contributed by atoms with E-state index in [2.05, 4.69) is 20.6 Å². The summed E-state index contributed by atoms with van der Waals surface area (Å²) in [5.41, 5.74) is 4.64. The van der Waals surface area contributed by atoms with E-state index in [9.17, 15) is 14.7 Å². The fraction of sp³-hybridized carbons (Fsp3) is 0. The van der Waals surface area contributed by atoms with Gasteiger partial charge in [0.2, 0.25) is 5.82 Å². The molecule has 0 spiro atoms. The number of rotatable bonds is 6. The van der Waals surface area contributed by atoms with E-state index in [4.69, 9.17) is 0 Å². The van der Waals surface area contributed by atoms with Gasteiger partial charge in [-0.2, -0.15) is 5.10 Å². The van der Waals surface area contributed by atoms with Gasteiger partial charge >= 0.3 is 5.91 Å². The molecule has 0 aliphatic heterocycles. The fourth-order valence-corrected chi connectivity index (χ4v) is 2.85. The zero-order chi connectivity index (χ0) is 21.6. The number of aromatic carboxylic acids is 1. The molecule has 4 rings (SSSR count). The van der Waals surface area contributed by atoms with Gasteiger partial charge in [-0.05, 0) is 23.3 Å². The molecule has 0 atom stereocenters. The van der Waals surface area contributed by atoms with Gasteiger partial charge in [0.25, 0.3) is 0 Å². The number of amides is 1. The van der Waals surface area contributed by atoms with Gasteiger partial charge in [0, 0.05) is 5.56 Å². The zero-order valence-corrected chi connectivity index (χ0v) is 16.2. The summed E-state index contributed by atoms with van der Waals surface area (Å²) in [6.45, 7) is 0. The van der Waals surface area contributed by atoms with Gasteiger partial charge in [-0.3, -0.25) is 4.79 Å². The molecule has 0 saturated heterocycles. The molecule has 0 radical (unpaired) electrons. The van der Waals surface area contributed by atoms with E-state index in [1.807, 2.05) is 60.7 Å². The predicted octanol–water partition coefficient (Wildman–Crippen LogP) is 2.06. The maximum atomic E-state index is 12.6. The van der Waals surface area contributed by atoms with E-state index in [0.29, 0.717) is 11.4 Å². The molecule has 1 N–H and O–H groups in total. The van der Waals surface area contributed by atoms with Crippen LogP contribution in [0.3, 0.4) is 0 Å². The number of carbonyl (C=O) groups is 2. The third kappa shape index (κ3) is 4.54. The standard InChI is InChI=1S/C23H17N5O3/c29-22(26-24-15-16-11-13-18(14-12-16)23(30)31)20-25-21(17-7-3-1-4-8-17)28(27-20)19-9-5-2-6-10-19/h1-15H,(H,26,29)(H,30,31)/p-1/b24-15-. The van der Waals surface area contributed by atoms with Gasteiger partial charge in [-0.1, -0.05) is 72.8 Å². The number of hydrazone groups is 1. The lowest BCUT2D eigenvalue weighted by atomic mass is 10.1. The summed E-state index contributed by atoms with van der Waals surface area (Å²) in [5, 5.41) is 19.1. The van der Waals surface area contributed by atoms with Crippen LogP contribution in [0.1, 0.15) is 26.5 Å². The Labute approximate surface area is 177 Å². The lowest BCUT2D eigenvalue weighted by Crippen LogP contribution is -2.22. The molecule has 0 saturated carbocycles. The van der Waals surface area contributed by atoms with Crippen molar-refractivity contribution in [3.8, 4) is 17.1 Å².